The summed E-state index contributed by atoms with van der Waals surface area (Å²) in [5, 5.41) is 9.78. The predicted octanol–water partition coefficient (Wildman–Crippen LogP) is 2.51. The maximum atomic E-state index is 11.9. The van der Waals surface area contributed by atoms with Gasteiger partial charge in [0.05, 0.1) is 22.4 Å². The molecule has 8 heteroatoms. The van der Waals surface area contributed by atoms with Crippen molar-refractivity contribution in [3.05, 3.63) is 40.1 Å². The summed E-state index contributed by atoms with van der Waals surface area (Å²) in [5.74, 6) is 0. The molecule has 0 saturated heterocycles. The normalized spacial score (nSPS) is 13.6. The number of rotatable bonds is 6. The molecule has 2 rings (SSSR count). The Morgan fingerprint density at radius 3 is 2.79 bits per heavy atom. The Kier molecular flexibility index (Phi) is 4.80. The van der Waals surface area contributed by atoms with Crippen LogP contribution in [0.4, 0.5) is 0 Å². The fourth-order valence-corrected chi connectivity index (χ4v) is 4.58. The van der Waals surface area contributed by atoms with Gasteiger partial charge >= 0.3 is 0 Å². The van der Waals surface area contributed by atoms with E-state index in [2.05, 4.69) is 20.7 Å². The van der Waals surface area contributed by atoms with Gasteiger partial charge in [-0.2, -0.15) is 0 Å². The van der Waals surface area contributed by atoms with Crippen LogP contribution >= 0.6 is 27.3 Å². The van der Waals surface area contributed by atoms with Crippen LogP contribution in [-0.2, 0) is 10.0 Å². The Hall–Kier alpha value is -0.670. The number of halogens is 1. The van der Waals surface area contributed by atoms with Crippen molar-refractivity contribution < 1.29 is 17.9 Å². The molecule has 104 valence electrons. The summed E-state index contributed by atoms with van der Waals surface area (Å²) in [5.41, 5.74) is 0.637. The fraction of sp³-hybridized carbons (Fsp3) is 0.273. The van der Waals surface area contributed by atoms with Crippen LogP contribution in [-0.4, -0.2) is 20.1 Å². The lowest BCUT2D eigenvalue weighted by atomic mass is 10.1. The minimum atomic E-state index is -3.50. The molecule has 2 N–H and O–H groups in total. The van der Waals surface area contributed by atoms with Gasteiger partial charge in [0.15, 0.2) is 0 Å². The van der Waals surface area contributed by atoms with Crippen molar-refractivity contribution in [2.24, 2.45) is 0 Å². The molecule has 2 aromatic rings. The molecule has 0 spiro atoms. The van der Waals surface area contributed by atoms with E-state index in [-0.39, 0.29) is 17.2 Å². The molecular weight excluding hydrogens is 354 g/mol. The number of sulfonamides is 1. The van der Waals surface area contributed by atoms with E-state index < -0.39 is 16.1 Å². The molecule has 0 aliphatic heterocycles. The number of hydrogen-bond acceptors (Lipinski definition) is 5. The van der Waals surface area contributed by atoms with Gasteiger partial charge in [-0.1, -0.05) is 0 Å². The van der Waals surface area contributed by atoms with E-state index in [1.54, 1.807) is 12.1 Å². The van der Waals surface area contributed by atoms with Crippen LogP contribution in [0.3, 0.4) is 0 Å². The Balaban J connectivity index is 1.89. The smallest absolute Gasteiger partial charge is 0.250 e. The van der Waals surface area contributed by atoms with Gasteiger partial charge in [-0.15, -0.1) is 11.3 Å². The number of aliphatic hydroxyl groups is 1. The highest BCUT2D eigenvalue weighted by Gasteiger charge is 2.17. The second-order valence-electron chi connectivity index (χ2n) is 3.82. The van der Waals surface area contributed by atoms with E-state index in [1.807, 2.05) is 0 Å². The van der Waals surface area contributed by atoms with Gasteiger partial charge in [0.25, 0.3) is 0 Å². The first-order valence-electron chi connectivity index (χ1n) is 5.44. The molecule has 2 heterocycles. The lowest BCUT2D eigenvalue weighted by molar-refractivity contribution is 0.168. The molecule has 1 unspecified atom stereocenters. The van der Waals surface area contributed by atoms with E-state index in [0.29, 0.717) is 5.56 Å². The lowest BCUT2D eigenvalue weighted by Gasteiger charge is -2.09. The lowest BCUT2D eigenvalue weighted by Crippen LogP contribution is -2.25. The average molecular weight is 366 g/mol. The van der Waals surface area contributed by atoms with E-state index in [9.17, 15) is 13.5 Å². The third-order valence-electron chi connectivity index (χ3n) is 2.45. The minimum Gasteiger partial charge on any atom is -0.472 e. The number of thiophene rings is 1. The largest absolute Gasteiger partial charge is 0.472 e. The fourth-order valence-electron chi connectivity index (χ4n) is 1.47. The minimum absolute atomic E-state index is 0.157. The maximum absolute atomic E-state index is 11.9. The topological polar surface area (TPSA) is 79.5 Å². The average Bonchev–Trinajstić information content (AvgIpc) is 2.99. The van der Waals surface area contributed by atoms with E-state index in [0.717, 1.165) is 15.1 Å². The summed E-state index contributed by atoms with van der Waals surface area (Å²) in [6.07, 6.45) is 2.45. The first-order chi connectivity index (χ1) is 8.99. The molecule has 0 fully saturated rings. The van der Waals surface area contributed by atoms with Crippen molar-refractivity contribution in [1.82, 2.24) is 4.72 Å². The Labute approximate surface area is 123 Å². The van der Waals surface area contributed by atoms with Gasteiger partial charge in [0.1, 0.15) is 4.21 Å². The van der Waals surface area contributed by atoms with Gasteiger partial charge in [0.2, 0.25) is 10.0 Å². The third kappa shape index (κ3) is 3.90. The third-order valence-corrected chi connectivity index (χ3v) is 6.03. The maximum Gasteiger partial charge on any atom is 0.250 e. The van der Waals surface area contributed by atoms with Gasteiger partial charge in [-0.3, -0.25) is 0 Å². The molecule has 0 saturated carbocycles. The second-order valence-corrected chi connectivity index (χ2v) is 8.27. The Morgan fingerprint density at radius 1 is 1.42 bits per heavy atom. The zero-order chi connectivity index (χ0) is 13.9. The van der Waals surface area contributed by atoms with Gasteiger partial charge in [-0.05, 0) is 40.5 Å². The summed E-state index contributed by atoms with van der Waals surface area (Å²) < 4.78 is 32.1. The predicted molar refractivity (Wildman–Crippen MR) is 75.5 cm³/mol. The van der Waals surface area contributed by atoms with E-state index >= 15 is 0 Å². The van der Waals surface area contributed by atoms with Crippen LogP contribution in [0.15, 0.2) is 43.1 Å². The zero-order valence-corrected chi connectivity index (χ0v) is 13.0. The van der Waals surface area contributed by atoms with Crippen molar-refractivity contribution in [2.45, 2.75) is 16.7 Å². The van der Waals surface area contributed by atoms with Crippen molar-refractivity contribution >= 4 is 37.3 Å². The number of nitrogens with one attached hydrogen (secondary N) is 1. The van der Waals surface area contributed by atoms with Crippen LogP contribution in [0.1, 0.15) is 18.1 Å². The summed E-state index contributed by atoms with van der Waals surface area (Å²) in [4.78, 5) is 0. The Morgan fingerprint density at radius 2 is 2.21 bits per heavy atom. The molecule has 5 nitrogen and oxygen atoms in total. The summed E-state index contributed by atoms with van der Waals surface area (Å²) in [6, 6.07) is 4.86. The summed E-state index contributed by atoms with van der Waals surface area (Å²) in [6.45, 7) is 0.157. The van der Waals surface area contributed by atoms with E-state index in [4.69, 9.17) is 4.42 Å². The second kappa shape index (κ2) is 6.19. The van der Waals surface area contributed by atoms with Crippen LogP contribution < -0.4 is 4.72 Å². The molecule has 2 aromatic heterocycles. The molecule has 1 atom stereocenters. The van der Waals surface area contributed by atoms with Crippen LogP contribution in [0.5, 0.6) is 0 Å². The van der Waals surface area contributed by atoms with Crippen LogP contribution in [0.25, 0.3) is 0 Å². The van der Waals surface area contributed by atoms with Gasteiger partial charge in [-0.25, -0.2) is 13.1 Å². The molecule has 0 aliphatic rings. The van der Waals surface area contributed by atoms with Crippen LogP contribution in [0, 0.1) is 0 Å². The van der Waals surface area contributed by atoms with Crippen molar-refractivity contribution in [3.63, 3.8) is 0 Å². The zero-order valence-electron chi connectivity index (χ0n) is 9.74. The molecule has 0 radical (unpaired) electrons. The summed E-state index contributed by atoms with van der Waals surface area (Å²) in [7, 11) is -3.50. The van der Waals surface area contributed by atoms with Crippen molar-refractivity contribution in [3.8, 4) is 0 Å². The molecule has 19 heavy (non-hydrogen) atoms. The molecule has 0 bridgehead atoms. The Bertz CT molecular complexity index is 621. The SMILES string of the molecule is O=S(=O)(NCCC(O)c1ccoc1)c1ccc(Br)s1. The van der Waals surface area contributed by atoms with Gasteiger partial charge in [0, 0.05) is 12.1 Å². The summed E-state index contributed by atoms with van der Waals surface area (Å²) >= 11 is 4.36. The molecular formula is C11H12BrNO4S2. The number of furan rings is 1. The standard InChI is InChI=1S/C11H12BrNO4S2/c12-10-1-2-11(18-10)19(15,16)13-5-3-9(14)8-4-6-17-7-8/h1-2,4,6-7,9,13-14H,3,5H2. The van der Waals surface area contributed by atoms with Gasteiger partial charge < -0.3 is 9.52 Å². The first kappa shape index (κ1) is 14.7. The molecule has 0 aliphatic carbocycles. The number of hydrogen-bond donors (Lipinski definition) is 2. The highest BCUT2D eigenvalue weighted by molar-refractivity contribution is 9.11. The first-order valence-corrected chi connectivity index (χ1v) is 8.53. The number of aliphatic hydroxyl groups excluding tert-OH is 1. The van der Waals surface area contributed by atoms with Crippen LogP contribution in [0.2, 0.25) is 0 Å². The monoisotopic (exact) mass is 365 g/mol. The van der Waals surface area contributed by atoms with Crippen molar-refractivity contribution in [1.29, 1.82) is 0 Å². The highest BCUT2D eigenvalue weighted by Crippen LogP contribution is 2.26. The van der Waals surface area contributed by atoms with Crippen molar-refractivity contribution in [2.75, 3.05) is 6.54 Å². The highest BCUT2D eigenvalue weighted by atomic mass is 79.9. The van der Waals surface area contributed by atoms with E-state index in [1.165, 1.54) is 18.6 Å². The quantitative estimate of drug-likeness (QED) is 0.823. The molecule has 0 amide bonds. The molecule has 0 aromatic carbocycles.